The number of nitrogens with one attached hydrogen (secondary N) is 1. The van der Waals surface area contributed by atoms with E-state index < -0.39 is 18.1 Å². The summed E-state index contributed by atoms with van der Waals surface area (Å²) < 4.78 is 11.9. The number of unbranched alkanes of at least 4 members (excludes halogenated alkanes) is 1. The number of esters is 1. The minimum absolute atomic E-state index is 0.171. The van der Waals surface area contributed by atoms with Gasteiger partial charge in [-0.05, 0) is 49.2 Å². The number of carbonyl (C=O) groups is 2. The fourth-order valence-electron chi connectivity index (χ4n) is 4.96. The number of amides is 1. The third kappa shape index (κ3) is 4.35. The van der Waals surface area contributed by atoms with Gasteiger partial charge in [-0.1, -0.05) is 6.42 Å². The highest BCUT2D eigenvalue weighted by Gasteiger charge is 2.34. The normalized spacial score (nSPS) is 16.5. The molecule has 11 nitrogen and oxygen atoms in total. The Labute approximate surface area is 212 Å². The summed E-state index contributed by atoms with van der Waals surface area (Å²) in [7, 11) is 1.57. The molecule has 0 saturated carbocycles. The van der Waals surface area contributed by atoms with E-state index in [-0.39, 0.29) is 42.3 Å². The third-order valence-electron chi connectivity index (χ3n) is 7.03. The lowest BCUT2D eigenvalue weighted by Crippen LogP contribution is -2.40. The van der Waals surface area contributed by atoms with E-state index in [1.807, 2.05) is 12.1 Å². The van der Waals surface area contributed by atoms with Crippen LogP contribution in [-0.2, 0) is 34.0 Å². The number of carbonyl (C=O) groups excluding carboxylic acids is 2. The molecule has 1 aromatic carbocycles. The van der Waals surface area contributed by atoms with Crippen LogP contribution in [0.1, 0.15) is 47.6 Å². The summed E-state index contributed by atoms with van der Waals surface area (Å²) >= 11 is 0. The lowest BCUT2D eigenvalue weighted by molar-refractivity contribution is -0.157. The maximum absolute atomic E-state index is 13.3. The highest BCUT2D eigenvalue weighted by atomic mass is 16.5. The first kappa shape index (κ1) is 24.9. The number of pyridine rings is 2. The van der Waals surface area contributed by atoms with Crippen molar-refractivity contribution in [3.8, 4) is 17.1 Å². The largest absolute Gasteiger partial charge is 0.497 e. The van der Waals surface area contributed by atoms with Crippen LogP contribution in [-0.4, -0.2) is 46.2 Å². The van der Waals surface area contributed by atoms with E-state index in [0.717, 1.165) is 29.4 Å². The first-order valence-corrected chi connectivity index (χ1v) is 12.2. The van der Waals surface area contributed by atoms with Crippen molar-refractivity contribution in [2.45, 2.75) is 51.1 Å². The third-order valence-corrected chi connectivity index (χ3v) is 7.03. The molecule has 0 radical (unpaired) electrons. The first-order chi connectivity index (χ1) is 17.8. The van der Waals surface area contributed by atoms with Gasteiger partial charge in [0.25, 0.3) is 5.56 Å². The van der Waals surface area contributed by atoms with Crippen LogP contribution in [0.5, 0.6) is 5.75 Å². The van der Waals surface area contributed by atoms with Crippen LogP contribution in [0.3, 0.4) is 0 Å². The summed E-state index contributed by atoms with van der Waals surface area (Å²) in [5.41, 5.74) is 15.0. The zero-order chi connectivity index (χ0) is 26.3. The first-order valence-electron chi connectivity index (χ1n) is 12.2. The lowest BCUT2D eigenvalue weighted by atomic mass is 9.98. The number of aliphatic hydroxyl groups excluding tert-OH is 1. The summed E-state index contributed by atoms with van der Waals surface area (Å²) in [4.78, 5) is 42.8. The van der Waals surface area contributed by atoms with Gasteiger partial charge in [0.15, 0.2) is 6.10 Å². The molecule has 0 aliphatic carbocycles. The van der Waals surface area contributed by atoms with Crippen LogP contribution in [0, 0.1) is 0 Å². The molecule has 2 aliphatic heterocycles. The number of methoxy groups -OCH3 is 1. The van der Waals surface area contributed by atoms with Crippen LogP contribution in [0.15, 0.2) is 29.1 Å². The molecule has 2 aliphatic rings. The number of benzene rings is 1. The summed E-state index contributed by atoms with van der Waals surface area (Å²) in [6.07, 6.45) is 0.555. The lowest BCUT2D eigenvalue weighted by Gasteiger charge is -2.21. The monoisotopic (exact) mass is 507 g/mol. The number of fused-ring (bicyclic) bond motifs is 5. The summed E-state index contributed by atoms with van der Waals surface area (Å²) in [6.45, 7) is 0.740. The van der Waals surface area contributed by atoms with Crippen molar-refractivity contribution in [2.24, 2.45) is 11.5 Å². The predicted octanol–water partition coefficient (Wildman–Crippen LogP) is 0.597. The second-order valence-electron chi connectivity index (χ2n) is 9.27. The van der Waals surface area contributed by atoms with Crippen LogP contribution in [0.4, 0.5) is 0 Å². The van der Waals surface area contributed by atoms with Crippen molar-refractivity contribution in [3.63, 3.8) is 0 Å². The van der Waals surface area contributed by atoms with Gasteiger partial charge in [0.2, 0.25) is 5.91 Å². The van der Waals surface area contributed by atoms with Crippen LogP contribution in [0.25, 0.3) is 22.3 Å². The molecular formula is C26H29N5O6. The van der Waals surface area contributed by atoms with E-state index in [9.17, 15) is 19.5 Å². The summed E-state index contributed by atoms with van der Waals surface area (Å²) in [5, 5.41) is 14.1. The fraction of sp³-hybridized carbons (Fsp3) is 0.385. The number of ether oxygens (including phenoxy) is 2. The van der Waals surface area contributed by atoms with Crippen molar-refractivity contribution in [1.82, 2.24) is 14.9 Å². The quantitative estimate of drug-likeness (QED) is 0.197. The number of aromatic nitrogens is 2. The zero-order valence-electron chi connectivity index (χ0n) is 20.5. The van der Waals surface area contributed by atoms with Gasteiger partial charge in [-0.15, -0.1) is 0 Å². The molecule has 194 valence electrons. The molecular weight excluding hydrogens is 478 g/mol. The molecule has 0 bridgehead atoms. The van der Waals surface area contributed by atoms with E-state index >= 15 is 0 Å². The predicted molar refractivity (Wildman–Crippen MR) is 135 cm³/mol. The van der Waals surface area contributed by atoms with Crippen molar-refractivity contribution in [1.29, 1.82) is 0 Å². The fourth-order valence-corrected chi connectivity index (χ4v) is 4.96. The van der Waals surface area contributed by atoms with Gasteiger partial charge in [0, 0.05) is 23.1 Å². The van der Waals surface area contributed by atoms with Crippen LogP contribution in [0.2, 0.25) is 0 Å². The number of hydrogen-bond acceptors (Lipinski definition) is 9. The van der Waals surface area contributed by atoms with Crippen molar-refractivity contribution in [2.75, 3.05) is 13.7 Å². The highest BCUT2D eigenvalue weighted by molar-refractivity contribution is 5.90. The van der Waals surface area contributed by atoms with Gasteiger partial charge in [0.05, 0.1) is 42.2 Å². The molecule has 0 spiro atoms. The molecule has 4 heterocycles. The van der Waals surface area contributed by atoms with E-state index in [4.69, 9.17) is 25.9 Å². The smallest absolute Gasteiger partial charge is 0.340 e. The molecule has 11 heteroatoms. The summed E-state index contributed by atoms with van der Waals surface area (Å²) in [6, 6.07) is 6.41. The Morgan fingerprint density at radius 3 is 2.86 bits per heavy atom. The molecule has 5 rings (SSSR count). The standard InChI is InChI=1S/C26H29N5O6/c1-36-13-5-6-20-14(8-13)16(10-29-24(33)19(28)4-2-3-7-27)17-11-31-21(22(17)30-20)9-15-18(25(31)34)12-37-26(35)23(15)32/h5-6,8-9,19,23,32H,2-4,7,10-12,27-28H2,1H3,(H,29,33)/t19-,23-/m0/s1. The molecule has 2 atom stereocenters. The topological polar surface area (TPSA) is 172 Å². The Morgan fingerprint density at radius 2 is 2.11 bits per heavy atom. The number of rotatable bonds is 8. The van der Waals surface area contributed by atoms with Gasteiger partial charge in [0.1, 0.15) is 12.4 Å². The number of cyclic esters (lactones) is 1. The second-order valence-corrected chi connectivity index (χ2v) is 9.27. The van der Waals surface area contributed by atoms with Gasteiger partial charge in [-0.3, -0.25) is 9.59 Å². The Bertz CT molecular complexity index is 1470. The number of nitrogens with two attached hydrogens (primary N) is 2. The van der Waals surface area contributed by atoms with E-state index in [1.165, 1.54) is 0 Å². The Hall–Kier alpha value is -3.80. The van der Waals surface area contributed by atoms with Gasteiger partial charge >= 0.3 is 5.97 Å². The maximum atomic E-state index is 13.3. The van der Waals surface area contributed by atoms with Crippen LogP contribution >= 0.6 is 0 Å². The average molecular weight is 508 g/mol. The molecule has 1 amide bonds. The number of nitrogens with zero attached hydrogens (tertiary/aromatic N) is 2. The average Bonchev–Trinajstić information content (AvgIpc) is 3.27. The summed E-state index contributed by atoms with van der Waals surface area (Å²) in [5.74, 6) is -0.442. The van der Waals surface area contributed by atoms with Gasteiger partial charge in [-0.2, -0.15) is 0 Å². The molecule has 2 aromatic heterocycles. The second kappa shape index (κ2) is 9.92. The van der Waals surface area contributed by atoms with Gasteiger partial charge in [-0.25, -0.2) is 9.78 Å². The SMILES string of the molecule is COc1ccc2nc3c(c(CNC(=O)[C@@H](N)CCCCN)c2c1)Cn1c-3cc2c(c1=O)COC(=O)[C@H]2O. The van der Waals surface area contributed by atoms with Crippen molar-refractivity contribution < 1.29 is 24.2 Å². The number of hydrogen-bond donors (Lipinski definition) is 4. The van der Waals surface area contributed by atoms with Crippen molar-refractivity contribution >= 4 is 22.8 Å². The van der Waals surface area contributed by atoms with Gasteiger partial charge < -0.3 is 35.9 Å². The van der Waals surface area contributed by atoms with E-state index in [2.05, 4.69) is 5.32 Å². The Kier molecular flexibility index (Phi) is 6.67. The van der Waals surface area contributed by atoms with Crippen LogP contribution < -0.4 is 27.1 Å². The van der Waals surface area contributed by atoms with Crippen molar-refractivity contribution in [3.05, 3.63) is 56.9 Å². The zero-order valence-corrected chi connectivity index (χ0v) is 20.5. The molecule has 3 aromatic rings. The number of aliphatic hydroxyl groups is 1. The van der Waals surface area contributed by atoms with E-state index in [0.29, 0.717) is 35.6 Å². The molecule has 6 N–H and O–H groups in total. The van der Waals surface area contributed by atoms with E-state index in [1.54, 1.807) is 23.8 Å². The Balaban J connectivity index is 1.58. The molecule has 0 fully saturated rings. The highest BCUT2D eigenvalue weighted by Crippen LogP contribution is 2.38. The minimum atomic E-state index is -1.53. The molecule has 0 saturated heterocycles. The minimum Gasteiger partial charge on any atom is -0.497 e. The molecule has 0 unspecified atom stereocenters. The maximum Gasteiger partial charge on any atom is 0.340 e. The Morgan fingerprint density at radius 1 is 1.30 bits per heavy atom. The molecule has 37 heavy (non-hydrogen) atoms.